The van der Waals surface area contributed by atoms with Crippen LogP contribution >= 0.6 is 39.1 Å². The molecular formula is C24H17BrCl2F3N3O2. The lowest BCUT2D eigenvalue weighted by Gasteiger charge is -2.15. The van der Waals surface area contributed by atoms with Crippen LogP contribution < -0.4 is 5.69 Å². The molecule has 0 unspecified atom stereocenters. The Kier molecular flexibility index (Phi) is 7.42. The summed E-state index contributed by atoms with van der Waals surface area (Å²) < 4.78 is 41.8. The van der Waals surface area contributed by atoms with E-state index in [2.05, 4.69) is 21.0 Å². The van der Waals surface area contributed by atoms with E-state index in [1.54, 1.807) is 24.3 Å². The topological polar surface area (TPSA) is 60.0 Å². The van der Waals surface area contributed by atoms with Crippen LogP contribution in [0.1, 0.15) is 5.56 Å². The Morgan fingerprint density at radius 3 is 2.34 bits per heavy atom. The minimum atomic E-state index is -4.90. The van der Waals surface area contributed by atoms with Crippen LogP contribution in [0.5, 0.6) is 0 Å². The number of aliphatic hydroxyl groups is 1. The molecule has 0 radical (unpaired) electrons. The number of alkyl halides is 3. The summed E-state index contributed by atoms with van der Waals surface area (Å²) in [4.78, 5) is 13.1. The van der Waals surface area contributed by atoms with Gasteiger partial charge in [-0.05, 0) is 59.7 Å². The number of aliphatic hydroxyl groups excluding tert-OH is 1. The van der Waals surface area contributed by atoms with Crippen LogP contribution in [-0.4, -0.2) is 31.7 Å². The van der Waals surface area contributed by atoms with Gasteiger partial charge in [0.15, 0.2) is 11.9 Å². The van der Waals surface area contributed by atoms with Crippen LogP contribution in [0.25, 0.3) is 22.5 Å². The molecule has 0 fully saturated rings. The maximum atomic E-state index is 13.1. The second-order valence-corrected chi connectivity index (χ2v) is 9.53. The van der Waals surface area contributed by atoms with Crippen molar-refractivity contribution in [3.05, 3.63) is 97.3 Å². The van der Waals surface area contributed by atoms with Gasteiger partial charge in [-0.15, -0.1) is 5.10 Å². The summed E-state index contributed by atoms with van der Waals surface area (Å²) in [5.74, 6) is -0.0173. The molecule has 0 aliphatic rings. The van der Waals surface area contributed by atoms with E-state index in [4.69, 9.17) is 23.2 Å². The minimum absolute atomic E-state index is 0.0173. The van der Waals surface area contributed by atoms with Gasteiger partial charge in [0.05, 0.1) is 13.1 Å². The zero-order chi connectivity index (χ0) is 25.3. The number of aromatic nitrogens is 3. The monoisotopic (exact) mass is 585 g/mol. The Labute approximate surface area is 216 Å². The lowest BCUT2D eigenvalue weighted by atomic mass is 10.0. The number of nitrogens with zero attached hydrogens (tertiary/aromatic N) is 3. The highest BCUT2D eigenvalue weighted by Crippen LogP contribution is 2.31. The number of hydrogen-bond acceptors (Lipinski definition) is 3. The molecule has 3 aromatic carbocycles. The molecule has 5 nitrogen and oxygen atoms in total. The van der Waals surface area contributed by atoms with Gasteiger partial charge in [-0.3, -0.25) is 4.57 Å². The molecule has 0 aliphatic heterocycles. The molecule has 182 valence electrons. The van der Waals surface area contributed by atoms with E-state index < -0.39 is 24.5 Å². The molecule has 1 atom stereocenters. The predicted octanol–water partition coefficient (Wildman–Crippen LogP) is 6.42. The van der Waals surface area contributed by atoms with Gasteiger partial charge in [-0.2, -0.15) is 13.2 Å². The van der Waals surface area contributed by atoms with Gasteiger partial charge in [0.25, 0.3) is 0 Å². The Morgan fingerprint density at radius 1 is 1.00 bits per heavy atom. The van der Waals surface area contributed by atoms with E-state index >= 15 is 0 Å². The van der Waals surface area contributed by atoms with E-state index in [-0.39, 0.29) is 12.4 Å². The van der Waals surface area contributed by atoms with Crippen molar-refractivity contribution >= 4 is 39.1 Å². The molecule has 1 heterocycles. The summed E-state index contributed by atoms with van der Waals surface area (Å²) in [6, 6.07) is 18.9. The van der Waals surface area contributed by atoms with E-state index in [1.807, 2.05) is 30.3 Å². The highest BCUT2D eigenvalue weighted by atomic mass is 79.9. The van der Waals surface area contributed by atoms with Crippen LogP contribution in [0.2, 0.25) is 10.0 Å². The maximum absolute atomic E-state index is 13.1. The van der Waals surface area contributed by atoms with E-state index in [9.17, 15) is 23.1 Å². The summed E-state index contributed by atoms with van der Waals surface area (Å²) >= 11 is 15.7. The summed E-state index contributed by atoms with van der Waals surface area (Å²) in [6.45, 7) is -1.02. The molecule has 4 aromatic rings. The standard InChI is InChI=1S/C24H17BrCl2F3N3O2/c25-17-10-14(9-16(11-17)19-3-1-2-4-20(19)27)12-33-23(35)32(13-21(34)24(28,29)30)22(31-33)15-5-7-18(26)8-6-15/h1-11,21,34H,12-13H2/t21-/m0/s1. The first-order valence-electron chi connectivity index (χ1n) is 10.3. The number of rotatable bonds is 6. The van der Waals surface area contributed by atoms with Crippen molar-refractivity contribution in [1.29, 1.82) is 0 Å². The normalized spacial score (nSPS) is 12.7. The summed E-state index contributed by atoms with van der Waals surface area (Å²) in [5, 5.41) is 14.9. The minimum Gasteiger partial charge on any atom is -0.382 e. The molecule has 35 heavy (non-hydrogen) atoms. The number of halogens is 6. The van der Waals surface area contributed by atoms with Gasteiger partial charge in [0.2, 0.25) is 0 Å². The van der Waals surface area contributed by atoms with Crippen molar-refractivity contribution in [2.45, 2.75) is 25.4 Å². The molecule has 1 N–H and O–H groups in total. The van der Waals surface area contributed by atoms with Gasteiger partial charge in [-0.25, -0.2) is 9.48 Å². The third-order valence-corrected chi connectivity index (χ3v) is 6.27. The van der Waals surface area contributed by atoms with Crippen molar-refractivity contribution in [2.75, 3.05) is 0 Å². The van der Waals surface area contributed by atoms with E-state index in [0.717, 1.165) is 24.8 Å². The number of benzene rings is 3. The maximum Gasteiger partial charge on any atom is 0.416 e. The third kappa shape index (κ3) is 5.81. The zero-order valence-electron chi connectivity index (χ0n) is 17.8. The van der Waals surface area contributed by atoms with Crippen LogP contribution in [0, 0.1) is 0 Å². The molecule has 0 aliphatic carbocycles. The van der Waals surface area contributed by atoms with Gasteiger partial charge < -0.3 is 5.11 Å². The quantitative estimate of drug-likeness (QED) is 0.284. The Morgan fingerprint density at radius 2 is 1.69 bits per heavy atom. The highest BCUT2D eigenvalue weighted by molar-refractivity contribution is 9.10. The van der Waals surface area contributed by atoms with Crippen molar-refractivity contribution < 1.29 is 18.3 Å². The second-order valence-electron chi connectivity index (χ2n) is 7.77. The summed E-state index contributed by atoms with van der Waals surface area (Å²) in [5.41, 5.74) is 1.82. The molecule has 11 heteroatoms. The van der Waals surface area contributed by atoms with Gasteiger partial charge in [0.1, 0.15) is 0 Å². The average Bonchev–Trinajstić information content (AvgIpc) is 3.08. The molecule has 1 aromatic heterocycles. The first kappa shape index (κ1) is 25.5. The molecule has 0 saturated heterocycles. The molecule has 0 saturated carbocycles. The fourth-order valence-corrected chi connectivity index (χ4v) is 4.47. The van der Waals surface area contributed by atoms with Crippen LogP contribution in [-0.2, 0) is 13.1 Å². The third-order valence-electron chi connectivity index (χ3n) is 5.23. The Bertz CT molecular complexity index is 1420. The highest BCUT2D eigenvalue weighted by Gasteiger charge is 2.39. The first-order chi connectivity index (χ1) is 16.5. The Hall–Kier alpha value is -2.59. The van der Waals surface area contributed by atoms with E-state index in [0.29, 0.717) is 21.2 Å². The molecule has 0 amide bonds. The van der Waals surface area contributed by atoms with Crippen LogP contribution in [0.4, 0.5) is 13.2 Å². The van der Waals surface area contributed by atoms with Gasteiger partial charge in [0, 0.05) is 25.6 Å². The fraction of sp³-hybridized carbons (Fsp3) is 0.167. The fourth-order valence-electron chi connectivity index (χ4n) is 3.56. The summed E-state index contributed by atoms with van der Waals surface area (Å²) in [7, 11) is 0. The predicted molar refractivity (Wildman–Crippen MR) is 133 cm³/mol. The first-order valence-corrected chi connectivity index (χ1v) is 11.8. The van der Waals surface area contributed by atoms with Crippen LogP contribution in [0.15, 0.2) is 76.0 Å². The van der Waals surface area contributed by atoms with Crippen molar-refractivity contribution in [3.63, 3.8) is 0 Å². The molecule has 0 bridgehead atoms. The number of hydrogen-bond donors (Lipinski definition) is 1. The van der Waals surface area contributed by atoms with Crippen molar-refractivity contribution in [3.8, 4) is 22.5 Å². The molecule has 4 rings (SSSR count). The Balaban J connectivity index is 1.77. The van der Waals surface area contributed by atoms with Crippen molar-refractivity contribution in [2.24, 2.45) is 0 Å². The second kappa shape index (κ2) is 10.2. The lowest BCUT2D eigenvalue weighted by molar-refractivity contribution is -0.207. The largest absolute Gasteiger partial charge is 0.416 e. The average molecular weight is 587 g/mol. The lowest BCUT2D eigenvalue weighted by Crippen LogP contribution is -2.37. The zero-order valence-corrected chi connectivity index (χ0v) is 20.9. The van der Waals surface area contributed by atoms with Crippen molar-refractivity contribution in [1.82, 2.24) is 14.3 Å². The van der Waals surface area contributed by atoms with Gasteiger partial charge in [-0.1, -0.05) is 57.3 Å². The molecule has 0 spiro atoms. The molecular weight excluding hydrogens is 570 g/mol. The SMILES string of the molecule is O=c1n(Cc2cc(Br)cc(-c3ccccc3Cl)c2)nc(-c2ccc(Cl)cc2)n1C[C@H](O)C(F)(F)F. The van der Waals surface area contributed by atoms with Crippen LogP contribution in [0.3, 0.4) is 0 Å². The van der Waals surface area contributed by atoms with E-state index in [1.165, 1.54) is 12.1 Å². The summed E-state index contributed by atoms with van der Waals surface area (Å²) in [6.07, 6.45) is -7.63. The smallest absolute Gasteiger partial charge is 0.382 e. The van der Waals surface area contributed by atoms with Gasteiger partial charge >= 0.3 is 11.9 Å².